The fourth-order valence-electron chi connectivity index (χ4n) is 2.20. The molecule has 0 saturated carbocycles. The highest BCUT2D eigenvalue weighted by molar-refractivity contribution is 5.85. The van der Waals surface area contributed by atoms with Crippen LogP contribution in [0.25, 0.3) is 12.2 Å². The zero-order valence-electron chi connectivity index (χ0n) is 12.2. The first-order valence-electron chi connectivity index (χ1n) is 6.79. The number of carboxylic acids is 1. The number of hydrogen-bond acceptors (Lipinski definition) is 1. The SMILES string of the molecule is Cc1[nH][n+](CC=Cc2ccccc2)c(C)c1C=CC(=O)O. The summed E-state index contributed by atoms with van der Waals surface area (Å²) in [5.41, 5.74) is 4.05. The van der Waals surface area contributed by atoms with Crippen LogP contribution in [0.15, 0.2) is 42.5 Å². The molecule has 0 saturated heterocycles. The molecule has 108 valence electrons. The van der Waals surface area contributed by atoms with Gasteiger partial charge in [-0.15, -0.1) is 4.68 Å². The lowest BCUT2D eigenvalue weighted by molar-refractivity contribution is -0.746. The summed E-state index contributed by atoms with van der Waals surface area (Å²) in [6.45, 7) is 4.62. The number of H-pyrrole nitrogens is 1. The van der Waals surface area contributed by atoms with Crippen LogP contribution in [0.2, 0.25) is 0 Å². The van der Waals surface area contributed by atoms with E-state index in [1.807, 2.05) is 36.7 Å². The summed E-state index contributed by atoms with van der Waals surface area (Å²) >= 11 is 0. The van der Waals surface area contributed by atoms with Gasteiger partial charge in [-0.2, -0.15) is 5.10 Å². The summed E-state index contributed by atoms with van der Waals surface area (Å²) in [7, 11) is 0. The van der Waals surface area contributed by atoms with Gasteiger partial charge in [0.2, 0.25) is 5.69 Å². The smallest absolute Gasteiger partial charge is 0.328 e. The number of hydrogen-bond donors (Lipinski definition) is 2. The minimum absolute atomic E-state index is 0.711. The lowest BCUT2D eigenvalue weighted by Crippen LogP contribution is -2.37. The molecule has 0 atom stereocenters. The van der Waals surface area contributed by atoms with E-state index in [1.54, 1.807) is 6.08 Å². The van der Waals surface area contributed by atoms with Crippen molar-refractivity contribution in [1.29, 1.82) is 0 Å². The van der Waals surface area contributed by atoms with E-state index in [0.29, 0.717) is 6.54 Å². The Morgan fingerprint density at radius 2 is 1.95 bits per heavy atom. The quantitative estimate of drug-likeness (QED) is 0.655. The first-order chi connectivity index (χ1) is 10.1. The van der Waals surface area contributed by atoms with Crippen LogP contribution in [0.1, 0.15) is 22.5 Å². The molecule has 0 unspecified atom stereocenters. The third kappa shape index (κ3) is 3.92. The number of aromatic nitrogens is 2. The van der Waals surface area contributed by atoms with Gasteiger partial charge in [-0.3, -0.25) is 0 Å². The molecule has 4 nitrogen and oxygen atoms in total. The lowest BCUT2D eigenvalue weighted by atomic mass is 10.2. The molecular formula is C17H19N2O2+. The van der Waals surface area contributed by atoms with Crippen LogP contribution in [0, 0.1) is 13.8 Å². The van der Waals surface area contributed by atoms with Crippen molar-refractivity contribution in [3.8, 4) is 0 Å². The number of nitrogens with zero attached hydrogens (tertiary/aromatic N) is 1. The molecular weight excluding hydrogens is 264 g/mol. The Bertz CT molecular complexity index is 682. The number of aryl methyl sites for hydroxylation is 1. The number of carbonyl (C=O) groups is 1. The normalized spacial score (nSPS) is 11.5. The number of rotatable bonds is 5. The Hall–Kier alpha value is -2.62. The van der Waals surface area contributed by atoms with Crippen LogP contribution < -0.4 is 4.68 Å². The topological polar surface area (TPSA) is 57.0 Å². The molecule has 1 heterocycles. The van der Waals surface area contributed by atoms with Gasteiger partial charge in [0.05, 0.1) is 11.3 Å². The fourth-order valence-corrected chi connectivity index (χ4v) is 2.20. The molecule has 0 aliphatic carbocycles. The maximum atomic E-state index is 10.6. The zero-order valence-corrected chi connectivity index (χ0v) is 12.2. The van der Waals surface area contributed by atoms with E-state index in [-0.39, 0.29) is 0 Å². The van der Waals surface area contributed by atoms with Crippen molar-refractivity contribution in [2.45, 2.75) is 20.4 Å². The summed E-state index contributed by atoms with van der Waals surface area (Å²) in [6, 6.07) is 10.1. The molecule has 1 aromatic carbocycles. The third-order valence-corrected chi connectivity index (χ3v) is 3.29. The number of nitrogens with one attached hydrogen (secondary N) is 1. The Labute approximate surface area is 124 Å². The number of aliphatic carboxylic acids is 1. The lowest BCUT2D eigenvalue weighted by Gasteiger charge is -1.91. The van der Waals surface area contributed by atoms with Gasteiger partial charge in [-0.1, -0.05) is 36.4 Å². The van der Waals surface area contributed by atoms with Crippen molar-refractivity contribution in [2.24, 2.45) is 0 Å². The van der Waals surface area contributed by atoms with Gasteiger partial charge in [-0.05, 0) is 24.6 Å². The van der Waals surface area contributed by atoms with Crippen molar-refractivity contribution in [3.05, 3.63) is 65.0 Å². The summed E-state index contributed by atoms with van der Waals surface area (Å²) in [4.78, 5) is 10.6. The molecule has 0 aliphatic rings. The highest BCUT2D eigenvalue weighted by atomic mass is 16.4. The van der Waals surface area contributed by atoms with Crippen LogP contribution in [0.5, 0.6) is 0 Å². The molecule has 2 aromatic rings. The average molecular weight is 283 g/mol. The molecule has 1 aromatic heterocycles. The van der Waals surface area contributed by atoms with Crippen LogP contribution in [0.3, 0.4) is 0 Å². The molecule has 4 heteroatoms. The van der Waals surface area contributed by atoms with Crippen LogP contribution >= 0.6 is 0 Å². The Kier molecular flexibility index (Phi) is 4.72. The van der Waals surface area contributed by atoms with E-state index in [9.17, 15) is 4.79 Å². The van der Waals surface area contributed by atoms with Gasteiger partial charge in [0, 0.05) is 13.0 Å². The van der Waals surface area contributed by atoms with Gasteiger partial charge in [0.25, 0.3) is 0 Å². The average Bonchev–Trinajstić information content (AvgIpc) is 2.72. The van der Waals surface area contributed by atoms with E-state index in [0.717, 1.165) is 28.6 Å². The minimum atomic E-state index is -0.939. The Morgan fingerprint density at radius 3 is 2.62 bits per heavy atom. The molecule has 0 spiro atoms. The number of allylic oxidation sites excluding steroid dienone is 1. The van der Waals surface area contributed by atoms with Crippen molar-refractivity contribution in [2.75, 3.05) is 0 Å². The predicted octanol–water partition coefficient (Wildman–Crippen LogP) is 2.73. The maximum absolute atomic E-state index is 10.6. The standard InChI is InChI=1S/C17H18N2O2/c1-13-16(10-11-17(20)21)14(2)19(18-13)12-6-9-15-7-4-3-5-8-15/h3-11H,12H2,1-2H3,(H,20,21)/p+1. The Balaban J connectivity index is 2.13. The maximum Gasteiger partial charge on any atom is 0.328 e. The van der Waals surface area contributed by atoms with E-state index in [2.05, 4.69) is 29.4 Å². The van der Waals surface area contributed by atoms with Crippen molar-refractivity contribution in [3.63, 3.8) is 0 Å². The van der Waals surface area contributed by atoms with Crippen molar-refractivity contribution in [1.82, 2.24) is 5.10 Å². The summed E-state index contributed by atoms with van der Waals surface area (Å²) in [5.74, 6) is -0.939. The molecule has 2 N–H and O–H groups in total. The van der Waals surface area contributed by atoms with Gasteiger partial charge >= 0.3 is 5.97 Å². The first kappa shape index (κ1) is 14.8. The van der Waals surface area contributed by atoms with Gasteiger partial charge in [-0.25, -0.2) is 4.79 Å². The molecule has 0 amide bonds. The molecule has 0 fully saturated rings. The second-order valence-electron chi connectivity index (χ2n) is 4.83. The highest BCUT2D eigenvalue weighted by Crippen LogP contribution is 2.10. The first-order valence-corrected chi connectivity index (χ1v) is 6.79. The van der Waals surface area contributed by atoms with Crippen LogP contribution in [-0.2, 0) is 11.3 Å². The molecule has 0 bridgehead atoms. The minimum Gasteiger partial charge on any atom is -0.478 e. The van der Waals surface area contributed by atoms with Gasteiger partial charge in [0.15, 0.2) is 6.54 Å². The third-order valence-electron chi connectivity index (χ3n) is 3.29. The molecule has 0 aliphatic heterocycles. The zero-order chi connectivity index (χ0) is 15.2. The summed E-state index contributed by atoms with van der Waals surface area (Å²) < 4.78 is 2.00. The van der Waals surface area contributed by atoms with Crippen molar-refractivity contribution < 1.29 is 14.6 Å². The predicted molar refractivity (Wildman–Crippen MR) is 82.6 cm³/mol. The largest absolute Gasteiger partial charge is 0.478 e. The molecule has 21 heavy (non-hydrogen) atoms. The fraction of sp³-hybridized carbons (Fsp3) is 0.176. The molecule has 2 rings (SSSR count). The van der Waals surface area contributed by atoms with E-state index < -0.39 is 5.97 Å². The number of aromatic amines is 1. The van der Waals surface area contributed by atoms with E-state index >= 15 is 0 Å². The second kappa shape index (κ2) is 6.70. The van der Waals surface area contributed by atoms with Crippen LogP contribution in [-0.4, -0.2) is 16.2 Å². The van der Waals surface area contributed by atoms with E-state index in [4.69, 9.17) is 5.11 Å². The summed E-state index contributed by atoms with van der Waals surface area (Å²) in [6.07, 6.45) is 6.92. The van der Waals surface area contributed by atoms with Gasteiger partial charge in [0.1, 0.15) is 0 Å². The monoisotopic (exact) mass is 283 g/mol. The molecule has 0 radical (unpaired) electrons. The van der Waals surface area contributed by atoms with Crippen molar-refractivity contribution >= 4 is 18.1 Å². The van der Waals surface area contributed by atoms with E-state index in [1.165, 1.54) is 0 Å². The Morgan fingerprint density at radius 1 is 1.24 bits per heavy atom. The number of carboxylic acid groups (broad SMARTS) is 1. The second-order valence-corrected chi connectivity index (χ2v) is 4.83. The highest BCUT2D eigenvalue weighted by Gasteiger charge is 2.15. The summed E-state index contributed by atoms with van der Waals surface area (Å²) in [5, 5.41) is 12.0. The number of benzene rings is 1. The van der Waals surface area contributed by atoms with Gasteiger partial charge < -0.3 is 5.11 Å². The van der Waals surface area contributed by atoms with Crippen LogP contribution in [0.4, 0.5) is 0 Å².